The van der Waals surface area contributed by atoms with Gasteiger partial charge in [0.25, 0.3) is 0 Å². The molecule has 0 saturated heterocycles. The molecular weight excluding hydrogens is 266 g/mol. The molecule has 0 aromatic carbocycles. The van der Waals surface area contributed by atoms with Crippen molar-refractivity contribution >= 4 is 0 Å². The highest BCUT2D eigenvalue weighted by Crippen LogP contribution is 2.17. The van der Waals surface area contributed by atoms with Crippen LogP contribution in [0.5, 0.6) is 0 Å². The molecule has 0 rings (SSSR count). The van der Waals surface area contributed by atoms with E-state index in [-0.39, 0.29) is 0 Å². The average Bonchev–Trinajstić information content (AvgIpc) is 2.48. The van der Waals surface area contributed by atoms with E-state index in [1.54, 1.807) is 0 Å². The number of unbranched alkanes of at least 4 members (excludes halogenated alkanes) is 3. The van der Waals surface area contributed by atoms with E-state index in [4.69, 9.17) is 0 Å². The molecular formula is C21H45N. The molecule has 0 aliphatic carbocycles. The summed E-state index contributed by atoms with van der Waals surface area (Å²) < 4.78 is 0. The predicted molar refractivity (Wildman–Crippen MR) is 103 cm³/mol. The fraction of sp³-hybridized carbons (Fsp3) is 1.00. The Kier molecular flexibility index (Phi) is 14.5. The quantitative estimate of drug-likeness (QED) is 0.322. The second kappa shape index (κ2) is 14.5. The second-order valence-electron chi connectivity index (χ2n) is 7.96. The second-order valence-corrected chi connectivity index (χ2v) is 7.96. The molecule has 0 amide bonds. The zero-order valence-electron chi connectivity index (χ0n) is 16.7. The highest BCUT2D eigenvalue weighted by atomic mass is 15.1. The largest absolute Gasteiger partial charge is 0.303 e. The van der Waals surface area contributed by atoms with Gasteiger partial charge in [-0.25, -0.2) is 0 Å². The van der Waals surface area contributed by atoms with Gasteiger partial charge in [0.15, 0.2) is 0 Å². The van der Waals surface area contributed by atoms with Gasteiger partial charge in [-0.2, -0.15) is 0 Å². The van der Waals surface area contributed by atoms with Gasteiger partial charge in [0.05, 0.1) is 0 Å². The monoisotopic (exact) mass is 311 g/mol. The molecule has 0 aliphatic rings. The van der Waals surface area contributed by atoms with Crippen LogP contribution < -0.4 is 0 Å². The molecule has 0 bridgehead atoms. The summed E-state index contributed by atoms with van der Waals surface area (Å²) in [5, 5.41) is 0. The summed E-state index contributed by atoms with van der Waals surface area (Å²) in [6.45, 7) is 18.2. The van der Waals surface area contributed by atoms with Crippen LogP contribution in [0.4, 0.5) is 0 Å². The topological polar surface area (TPSA) is 3.24 Å². The highest BCUT2D eigenvalue weighted by Gasteiger charge is 2.16. The van der Waals surface area contributed by atoms with Crippen molar-refractivity contribution in [1.82, 2.24) is 4.90 Å². The summed E-state index contributed by atoms with van der Waals surface area (Å²) in [5.74, 6) is 2.57. The van der Waals surface area contributed by atoms with Crippen molar-refractivity contribution in [3.05, 3.63) is 0 Å². The fourth-order valence-electron chi connectivity index (χ4n) is 3.48. The minimum atomic E-state index is 0.858. The standard InChI is InChI=1S/C21H45N/c1-7-10-13-19(4)16-22(17-20(5)14-11-8-2)18-21(6)15-12-9-3/h19-21H,7-18H2,1-6H3. The van der Waals surface area contributed by atoms with E-state index in [9.17, 15) is 0 Å². The molecule has 134 valence electrons. The predicted octanol–water partition coefficient (Wildman–Crippen LogP) is 6.77. The minimum absolute atomic E-state index is 0.858. The zero-order chi connectivity index (χ0) is 16.8. The summed E-state index contributed by atoms with van der Waals surface area (Å²) in [6, 6.07) is 0. The van der Waals surface area contributed by atoms with Crippen LogP contribution in [0.3, 0.4) is 0 Å². The molecule has 0 aromatic heterocycles. The molecule has 22 heavy (non-hydrogen) atoms. The molecule has 0 aromatic rings. The van der Waals surface area contributed by atoms with E-state index in [1.807, 2.05) is 0 Å². The van der Waals surface area contributed by atoms with E-state index in [0.29, 0.717) is 0 Å². The van der Waals surface area contributed by atoms with Crippen molar-refractivity contribution in [2.24, 2.45) is 17.8 Å². The van der Waals surface area contributed by atoms with Crippen LogP contribution in [0.2, 0.25) is 0 Å². The molecule has 0 aliphatic heterocycles. The molecule has 1 heteroatoms. The van der Waals surface area contributed by atoms with Crippen molar-refractivity contribution in [1.29, 1.82) is 0 Å². The summed E-state index contributed by atoms with van der Waals surface area (Å²) in [4.78, 5) is 2.79. The third kappa shape index (κ3) is 12.5. The van der Waals surface area contributed by atoms with Gasteiger partial charge in [0.1, 0.15) is 0 Å². The first kappa shape index (κ1) is 22.0. The van der Waals surface area contributed by atoms with Crippen LogP contribution in [0.15, 0.2) is 0 Å². The van der Waals surface area contributed by atoms with Gasteiger partial charge in [-0.05, 0) is 37.0 Å². The lowest BCUT2D eigenvalue weighted by atomic mass is 9.98. The minimum Gasteiger partial charge on any atom is -0.303 e. The van der Waals surface area contributed by atoms with E-state index >= 15 is 0 Å². The summed E-state index contributed by atoms with van der Waals surface area (Å²) >= 11 is 0. The number of nitrogens with zero attached hydrogens (tertiary/aromatic N) is 1. The SMILES string of the molecule is CCCCC(C)CN(CC(C)CCCC)CC(C)CCCC. The van der Waals surface area contributed by atoms with Crippen LogP contribution in [-0.4, -0.2) is 24.5 Å². The maximum absolute atomic E-state index is 2.79. The van der Waals surface area contributed by atoms with E-state index in [1.165, 1.54) is 77.4 Å². The molecule has 0 heterocycles. The fourth-order valence-corrected chi connectivity index (χ4v) is 3.48. The van der Waals surface area contributed by atoms with Crippen LogP contribution >= 0.6 is 0 Å². The Balaban J connectivity index is 4.34. The Hall–Kier alpha value is -0.0400. The lowest BCUT2D eigenvalue weighted by Gasteiger charge is -2.31. The molecule has 0 radical (unpaired) electrons. The van der Waals surface area contributed by atoms with E-state index < -0.39 is 0 Å². The molecule has 0 N–H and O–H groups in total. The van der Waals surface area contributed by atoms with Crippen molar-refractivity contribution in [3.8, 4) is 0 Å². The van der Waals surface area contributed by atoms with E-state index in [2.05, 4.69) is 46.4 Å². The van der Waals surface area contributed by atoms with Crippen molar-refractivity contribution in [2.45, 2.75) is 99.3 Å². The van der Waals surface area contributed by atoms with Gasteiger partial charge >= 0.3 is 0 Å². The Morgan fingerprint density at radius 1 is 0.545 bits per heavy atom. The van der Waals surface area contributed by atoms with Crippen LogP contribution in [0.1, 0.15) is 99.3 Å². The first-order chi connectivity index (χ1) is 10.5. The maximum atomic E-state index is 2.79. The van der Waals surface area contributed by atoms with Gasteiger partial charge < -0.3 is 4.90 Å². The smallest absolute Gasteiger partial charge is 0.000725 e. The lowest BCUT2D eigenvalue weighted by Crippen LogP contribution is -2.36. The van der Waals surface area contributed by atoms with Crippen LogP contribution in [0, 0.1) is 17.8 Å². The molecule has 3 unspecified atom stereocenters. The Labute approximate surface area is 142 Å². The Morgan fingerprint density at radius 3 is 1.05 bits per heavy atom. The van der Waals surface area contributed by atoms with Gasteiger partial charge in [-0.3, -0.25) is 0 Å². The summed E-state index contributed by atoms with van der Waals surface area (Å²) in [5.41, 5.74) is 0. The van der Waals surface area contributed by atoms with Gasteiger partial charge in [0, 0.05) is 19.6 Å². The number of rotatable bonds is 15. The molecule has 1 nitrogen and oxygen atoms in total. The van der Waals surface area contributed by atoms with Crippen molar-refractivity contribution < 1.29 is 0 Å². The van der Waals surface area contributed by atoms with Gasteiger partial charge in [-0.15, -0.1) is 0 Å². The maximum Gasteiger partial charge on any atom is 0.000725 e. The zero-order valence-corrected chi connectivity index (χ0v) is 16.7. The van der Waals surface area contributed by atoms with Crippen molar-refractivity contribution in [3.63, 3.8) is 0 Å². The first-order valence-electron chi connectivity index (χ1n) is 10.3. The van der Waals surface area contributed by atoms with Gasteiger partial charge in [-0.1, -0.05) is 80.1 Å². The normalized spacial score (nSPS) is 16.0. The van der Waals surface area contributed by atoms with E-state index in [0.717, 1.165) is 17.8 Å². The first-order valence-corrected chi connectivity index (χ1v) is 10.3. The third-order valence-electron chi connectivity index (χ3n) is 4.86. The lowest BCUT2D eigenvalue weighted by molar-refractivity contribution is 0.171. The van der Waals surface area contributed by atoms with Crippen LogP contribution in [0.25, 0.3) is 0 Å². The van der Waals surface area contributed by atoms with Crippen LogP contribution in [-0.2, 0) is 0 Å². The highest BCUT2D eigenvalue weighted by molar-refractivity contribution is 4.69. The third-order valence-corrected chi connectivity index (χ3v) is 4.86. The molecule has 0 saturated carbocycles. The summed E-state index contributed by atoms with van der Waals surface area (Å²) in [7, 11) is 0. The molecule has 3 atom stereocenters. The Bertz CT molecular complexity index is 188. The molecule has 0 fully saturated rings. The average molecular weight is 312 g/mol. The summed E-state index contributed by atoms with van der Waals surface area (Å²) in [6.07, 6.45) is 12.4. The number of hydrogen-bond donors (Lipinski definition) is 0. The van der Waals surface area contributed by atoms with Crippen molar-refractivity contribution in [2.75, 3.05) is 19.6 Å². The number of hydrogen-bond acceptors (Lipinski definition) is 1. The Morgan fingerprint density at radius 2 is 0.818 bits per heavy atom. The van der Waals surface area contributed by atoms with Gasteiger partial charge in [0.2, 0.25) is 0 Å². The molecule has 0 spiro atoms.